The molecule has 0 spiro atoms. The number of carboxylic acid groups (broad SMARTS) is 1. The number of aliphatic carboxylic acids is 1. The third-order valence-electron chi connectivity index (χ3n) is 15.2. The van der Waals surface area contributed by atoms with E-state index in [1.807, 2.05) is 14.5 Å². The zero-order valence-corrected chi connectivity index (χ0v) is 43.3. The topological polar surface area (TPSA) is 164 Å². The van der Waals surface area contributed by atoms with Crippen LogP contribution in [-0.2, 0) is 9.59 Å². The molecule has 1 amide bonds. The van der Waals surface area contributed by atoms with Gasteiger partial charge >= 0.3 is 20.1 Å². The van der Waals surface area contributed by atoms with Crippen LogP contribution in [0.5, 0.6) is 0 Å². The minimum atomic E-state index is -1.09. The van der Waals surface area contributed by atoms with Gasteiger partial charge in [-0.2, -0.15) is 0 Å². The number of amides is 1. The van der Waals surface area contributed by atoms with E-state index in [0.29, 0.717) is 82.3 Å². The molecule has 15 heteroatoms. The summed E-state index contributed by atoms with van der Waals surface area (Å²) >= 11 is 0. The average Bonchev–Trinajstić information content (AvgIpc) is 3.36. The number of rotatable bonds is 14. The van der Waals surface area contributed by atoms with Crippen LogP contribution >= 0.6 is 0 Å². The lowest BCUT2D eigenvalue weighted by molar-refractivity contribution is -0.145. The summed E-state index contributed by atoms with van der Waals surface area (Å²) in [6.07, 6.45) is 1.79. The summed E-state index contributed by atoms with van der Waals surface area (Å²) in [6, 6.07) is 44.2. The van der Waals surface area contributed by atoms with Crippen molar-refractivity contribution in [1.29, 1.82) is 0 Å². The Morgan fingerprint density at radius 2 is 0.944 bits per heavy atom. The molecule has 8 rings (SSSR count). The summed E-state index contributed by atoms with van der Waals surface area (Å²) in [5, 5.41) is 52.4. The number of carbonyl (C=O) groups is 2. The van der Waals surface area contributed by atoms with Crippen LogP contribution in [0, 0.1) is 11.8 Å². The van der Waals surface area contributed by atoms with Gasteiger partial charge in [0.1, 0.15) is 0 Å². The Balaban J connectivity index is 0.000000194. The fourth-order valence-electron chi connectivity index (χ4n) is 10.8. The van der Waals surface area contributed by atoms with Crippen LogP contribution in [0.3, 0.4) is 0 Å². The van der Waals surface area contributed by atoms with Crippen molar-refractivity contribution in [2.45, 2.75) is 115 Å². The number of benzene rings is 4. The van der Waals surface area contributed by atoms with Crippen molar-refractivity contribution >= 4 is 26.0 Å². The van der Waals surface area contributed by atoms with Crippen LogP contribution in [0.25, 0.3) is 0 Å². The molecule has 4 aliphatic rings. The molecule has 4 aliphatic heterocycles. The van der Waals surface area contributed by atoms with Crippen molar-refractivity contribution < 1.29 is 35.0 Å². The second kappa shape index (κ2) is 26.5. The third-order valence-corrected chi connectivity index (χ3v) is 15.2. The lowest BCUT2D eigenvalue weighted by Gasteiger charge is -2.47. The molecule has 0 radical (unpaired) electrons. The molecule has 0 aromatic heterocycles. The van der Waals surface area contributed by atoms with Crippen LogP contribution in [0.2, 0.25) is 13.6 Å². The standard InChI is InChI=1S/C28H40BN3O3.C20H26N2.C8H16BNO4/c1-22(2)25-21-30(27(23-10-6-4-7-11-23)24-12-8-5-9-13-24)18-19-32(25)26(33)20-28(34)14-16-31(17-15-28)29(3)35;1-16(2)19-15-22(14-13-21-19)20(17-9-5-3-6-10-17)18-11-7-4-8-12-18;1-9(14)10-4-2-8(13,3-5-10)6-7(11)12/h4-13,22,25,27,34-35H,14-21H2,1-3H3;3-12,16,19-21H,13-15H2,1-2H3;13-14H,2-6H2,1H3,(H,11,12)/t25-;19-;/m11./s1. The van der Waals surface area contributed by atoms with E-state index >= 15 is 0 Å². The van der Waals surface area contributed by atoms with Crippen molar-refractivity contribution in [3.8, 4) is 0 Å². The Morgan fingerprint density at radius 1 is 0.563 bits per heavy atom. The Morgan fingerprint density at radius 3 is 1.30 bits per heavy atom. The molecule has 2 atom stereocenters. The van der Waals surface area contributed by atoms with Crippen molar-refractivity contribution in [2.24, 2.45) is 11.8 Å². The SMILES string of the molecule is CB(O)N1CCC(O)(CC(=O)N2CCN(C(c3ccccc3)c3ccccc3)C[C@@H]2C(C)C)CC1.CB(O)N1CCC(O)(CC(=O)O)CC1.CC(C)[C@H]1CN(C(c2ccccc2)c2ccccc2)CCN1. The van der Waals surface area contributed by atoms with Crippen molar-refractivity contribution in [2.75, 3.05) is 65.4 Å². The molecule has 0 saturated carbocycles. The molecule has 4 heterocycles. The van der Waals surface area contributed by atoms with E-state index in [1.165, 1.54) is 22.3 Å². The summed E-state index contributed by atoms with van der Waals surface area (Å²) in [7, 11) is -1.04. The van der Waals surface area contributed by atoms with E-state index in [0.717, 1.165) is 32.7 Å². The van der Waals surface area contributed by atoms with Crippen LogP contribution in [-0.4, -0.2) is 164 Å². The Bertz CT molecular complexity index is 2100. The molecule has 4 fully saturated rings. The molecular weight excluding hydrogens is 890 g/mol. The monoisotopic (exact) mass is 973 g/mol. The fourth-order valence-corrected chi connectivity index (χ4v) is 10.8. The summed E-state index contributed by atoms with van der Waals surface area (Å²) in [5.74, 6) is 0.0426. The van der Waals surface area contributed by atoms with Crippen LogP contribution in [0.1, 0.15) is 101 Å². The molecule has 0 aliphatic carbocycles. The number of nitrogens with one attached hydrogen (secondary N) is 1. The van der Waals surface area contributed by atoms with Crippen LogP contribution in [0.15, 0.2) is 121 Å². The number of piperidine rings is 2. The quantitative estimate of drug-likeness (QED) is 0.0776. The molecular formula is C56H82B2N6O7. The molecule has 4 saturated heterocycles. The summed E-state index contributed by atoms with van der Waals surface area (Å²) < 4.78 is 0. The highest BCUT2D eigenvalue weighted by atomic mass is 16.4. The maximum Gasteiger partial charge on any atom is 0.376 e. The average molecular weight is 973 g/mol. The predicted molar refractivity (Wildman–Crippen MR) is 286 cm³/mol. The first-order chi connectivity index (χ1) is 34.0. The van der Waals surface area contributed by atoms with E-state index in [9.17, 15) is 29.9 Å². The van der Waals surface area contributed by atoms with Gasteiger partial charge in [0, 0.05) is 51.4 Å². The normalized spacial score (nSPS) is 21.0. The third kappa shape index (κ3) is 16.0. The van der Waals surface area contributed by atoms with Gasteiger partial charge in [0.15, 0.2) is 0 Å². The van der Waals surface area contributed by atoms with E-state index in [2.05, 4.69) is 164 Å². The van der Waals surface area contributed by atoms with Crippen molar-refractivity contribution in [1.82, 2.24) is 29.6 Å². The predicted octanol–water partition coefficient (Wildman–Crippen LogP) is 6.38. The minimum Gasteiger partial charge on any atom is -0.481 e. The maximum absolute atomic E-state index is 13.5. The molecule has 384 valence electrons. The Hall–Kier alpha value is -4.41. The first-order valence-electron chi connectivity index (χ1n) is 26.2. The van der Waals surface area contributed by atoms with Gasteiger partial charge in [0.25, 0.3) is 0 Å². The Kier molecular flexibility index (Phi) is 20.9. The molecule has 71 heavy (non-hydrogen) atoms. The number of carbonyl (C=O) groups excluding carboxylic acids is 1. The van der Waals surface area contributed by atoms with Crippen molar-refractivity contribution in [3.63, 3.8) is 0 Å². The van der Waals surface area contributed by atoms with E-state index in [-0.39, 0.29) is 30.8 Å². The van der Waals surface area contributed by atoms with Gasteiger partial charge < -0.3 is 45.2 Å². The van der Waals surface area contributed by atoms with E-state index in [4.69, 9.17) is 5.11 Å². The zero-order chi connectivity index (χ0) is 51.1. The Labute approximate surface area is 425 Å². The highest BCUT2D eigenvalue weighted by Crippen LogP contribution is 2.35. The van der Waals surface area contributed by atoms with E-state index in [1.54, 1.807) is 13.6 Å². The number of nitrogens with zero attached hydrogens (tertiary/aromatic N) is 5. The highest BCUT2D eigenvalue weighted by molar-refractivity contribution is 6.45. The number of piperazine rings is 2. The van der Waals surface area contributed by atoms with Crippen molar-refractivity contribution in [3.05, 3.63) is 144 Å². The van der Waals surface area contributed by atoms with Gasteiger partial charge in [0.05, 0.1) is 36.1 Å². The van der Waals surface area contributed by atoms with Gasteiger partial charge in [-0.15, -0.1) is 0 Å². The second-order valence-electron chi connectivity index (χ2n) is 21.2. The zero-order valence-electron chi connectivity index (χ0n) is 43.3. The largest absolute Gasteiger partial charge is 0.481 e. The number of hydrogen-bond donors (Lipinski definition) is 6. The van der Waals surface area contributed by atoms with E-state index < -0.39 is 31.3 Å². The molecule has 4 aromatic carbocycles. The highest BCUT2D eigenvalue weighted by Gasteiger charge is 2.41. The lowest BCUT2D eigenvalue weighted by Crippen LogP contribution is -2.59. The summed E-state index contributed by atoms with van der Waals surface area (Å²) in [4.78, 5) is 34.9. The lowest BCUT2D eigenvalue weighted by atomic mass is 9.78. The molecule has 0 bridgehead atoms. The molecule has 0 unspecified atom stereocenters. The first kappa shape index (κ1) is 55.9. The van der Waals surface area contributed by atoms with Gasteiger partial charge in [-0.05, 0) is 99.6 Å². The maximum atomic E-state index is 13.5. The van der Waals surface area contributed by atoms with Gasteiger partial charge in [-0.1, -0.05) is 149 Å². The molecule has 6 N–H and O–H groups in total. The van der Waals surface area contributed by atoms with Crippen LogP contribution < -0.4 is 5.32 Å². The first-order valence-corrected chi connectivity index (χ1v) is 26.2. The van der Waals surface area contributed by atoms with Gasteiger partial charge in [-0.25, -0.2) is 0 Å². The fraction of sp³-hybridized carbons (Fsp3) is 0.536. The second-order valence-corrected chi connectivity index (χ2v) is 21.2. The van der Waals surface area contributed by atoms with Gasteiger partial charge in [-0.3, -0.25) is 19.4 Å². The summed E-state index contributed by atoms with van der Waals surface area (Å²) in [5.41, 5.74) is 3.23. The number of carboxylic acids is 1. The molecule has 4 aromatic rings. The van der Waals surface area contributed by atoms with Gasteiger partial charge in [0.2, 0.25) is 5.91 Å². The number of hydrogen-bond acceptors (Lipinski definition) is 11. The molecule has 13 nitrogen and oxygen atoms in total. The number of aliphatic hydroxyl groups is 2. The minimum absolute atomic E-state index is 0.0484. The van der Waals surface area contributed by atoms with Crippen LogP contribution in [0.4, 0.5) is 0 Å². The smallest absolute Gasteiger partial charge is 0.376 e. The summed E-state index contributed by atoms with van der Waals surface area (Å²) in [6.45, 7) is 20.2.